The fourth-order valence-electron chi connectivity index (χ4n) is 3.34. The van der Waals surface area contributed by atoms with E-state index in [0.717, 1.165) is 16.9 Å². The summed E-state index contributed by atoms with van der Waals surface area (Å²) >= 11 is 0. The first kappa shape index (κ1) is 24.4. The normalized spacial score (nSPS) is 12.2. The standard InChI is InChI=1S/C26H36N2O3/c1-6-23(25(30)27-26(3,4)5)28(19-21-16-14-20(2)15-17-21)24(29)13-10-18-31-22-11-8-7-9-12-22/h7-9,11-12,14-17,23H,6,10,13,18-19H2,1-5H3,(H,27,30)/t23-/m1/s1. The van der Waals surface area contributed by atoms with Gasteiger partial charge in [-0.05, 0) is 58.2 Å². The van der Waals surface area contributed by atoms with Crippen molar-refractivity contribution >= 4 is 11.8 Å². The molecule has 2 aromatic carbocycles. The van der Waals surface area contributed by atoms with Crippen LogP contribution >= 0.6 is 0 Å². The summed E-state index contributed by atoms with van der Waals surface area (Å²) in [5, 5.41) is 3.03. The molecule has 0 fully saturated rings. The van der Waals surface area contributed by atoms with Gasteiger partial charge in [0.05, 0.1) is 6.61 Å². The fourth-order valence-corrected chi connectivity index (χ4v) is 3.34. The molecule has 2 aromatic rings. The molecule has 0 aromatic heterocycles. The number of nitrogens with zero attached hydrogens (tertiary/aromatic N) is 1. The lowest BCUT2D eigenvalue weighted by Gasteiger charge is -2.33. The van der Waals surface area contributed by atoms with E-state index in [9.17, 15) is 9.59 Å². The third-order valence-corrected chi connectivity index (χ3v) is 4.90. The van der Waals surface area contributed by atoms with Gasteiger partial charge in [0.15, 0.2) is 0 Å². The molecule has 0 unspecified atom stereocenters. The van der Waals surface area contributed by atoms with Crippen molar-refractivity contribution in [3.05, 3.63) is 65.7 Å². The number of hydrogen-bond donors (Lipinski definition) is 1. The minimum atomic E-state index is -0.511. The van der Waals surface area contributed by atoms with Crippen molar-refractivity contribution in [2.24, 2.45) is 0 Å². The van der Waals surface area contributed by atoms with Crippen LogP contribution in [0.5, 0.6) is 5.75 Å². The summed E-state index contributed by atoms with van der Waals surface area (Å²) in [6.07, 6.45) is 1.48. The number of ether oxygens (including phenoxy) is 1. The summed E-state index contributed by atoms with van der Waals surface area (Å²) in [6.45, 7) is 10.7. The molecule has 1 atom stereocenters. The van der Waals surface area contributed by atoms with Crippen molar-refractivity contribution in [2.45, 2.75) is 72.0 Å². The number of amides is 2. The van der Waals surface area contributed by atoms with E-state index >= 15 is 0 Å². The van der Waals surface area contributed by atoms with Crippen molar-refractivity contribution in [1.29, 1.82) is 0 Å². The molecule has 2 amide bonds. The van der Waals surface area contributed by atoms with Gasteiger partial charge < -0.3 is 15.0 Å². The van der Waals surface area contributed by atoms with E-state index in [1.54, 1.807) is 4.90 Å². The predicted octanol–water partition coefficient (Wildman–Crippen LogP) is 4.88. The van der Waals surface area contributed by atoms with E-state index in [4.69, 9.17) is 4.74 Å². The molecule has 0 radical (unpaired) electrons. The minimum Gasteiger partial charge on any atom is -0.494 e. The van der Waals surface area contributed by atoms with Crippen molar-refractivity contribution in [3.8, 4) is 5.75 Å². The lowest BCUT2D eigenvalue weighted by atomic mass is 10.0. The number of rotatable bonds is 10. The zero-order chi connectivity index (χ0) is 22.9. The van der Waals surface area contributed by atoms with Gasteiger partial charge in [-0.1, -0.05) is 55.0 Å². The summed E-state index contributed by atoms with van der Waals surface area (Å²) in [4.78, 5) is 27.9. The Labute approximate surface area is 186 Å². The molecule has 0 bridgehead atoms. The van der Waals surface area contributed by atoms with Gasteiger partial charge in [0.1, 0.15) is 11.8 Å². The monoisotopic (exact) mass is 424 g/mol. The molecule has 168 valence electrons. The molecule has 5 nitrogen and oxygen atoms in total. The second-order valence-corrected chi connectivity index (χ2v) is 8.94. The Balaban J connectivity index is 2.08. The van der Waals surface area contributed by atoms with Crippen molar-refractivity contribution < 1.29 is 14.3 Å². The molecule has 1 N–H and O–H groups in total. The van der Waals surface area contributed by atoms with Crippen LogP contribution in [0.25, 0.3) is 0 Å². The number of hydrogen-bond acceptors (Lipinski definition) is 3. The summed E-state index contributed by atoms with van der Waals surface area (Å²) in [5.74, 6) is 0.645. The van der Waals surface area contributed by atoms with Crippen LogP contribution in [0, 0.1) is 6.92 Å². The highest BCUT2D eigenvalue weighted by molar-refractivity contribution is 5.88. The van der Waals surface area contributed by atoms with Crippen LogP contribution in [0.15, 0.2) is 54.6 Å². The molecule has 0 saturated carbocycles. The highest BCUT2D eigenvalue weighted by Crippen LogP contribution is 2.16. The maximum absolute atomic E-state index is 13.2. The molecular weight excluding hydrogens is 388 g/mol. The average molecular weight is 425 g/mol. The van der Waals surface area contributed by atoms with E-state index in [1.165, 1.54) is 0 Å². The first-order valence-corrected chi connectivity index (χ1v) is 11.0. The Morgan fingerprint density at radius 2 is 1.68 bits per heavy atom. The van der Waals surface area contributed by atoms with Crippen LogP contribution < -0.4 is 10.1 Å². The van der Waals surface area contributed by atoms with Crippen LogP contribution in [-0.2, 0) is 16.1 Å². The third-order valence-electron chi connectivity index (χ3n) is 4.90. The van der Waals surface area contributed by atoms with Gasteiger partial charge in [-0.25, -0.2) is 0 Å². The van der Waals surface area contributed by atoms with Crippen LogP contribution in [-0.4, -0.2) is 34.9 Å². The van der Waals surface area contributed by atoms with E-state index in [-0.39, 0.29) is 17.4 Å². The molecule has 31 heavy (non-hydrogen) atoms. The topological polar surface area (TPSA) is 58.6 Å². The van der Waals surface area contributed by atoms with E-state index in [0.29, 0.717) is 32.4 Å². The van der Waals surface area contributed by atoms with Gasteiger partial charge in [0, 0.05) is 18.5 Å². The van der Waals surface area contributed by atoms with E-state index in [2.05, 4.69) is 5.32 Å². The number of carbonyl (C=O) groups excluding carboxylic acids is 2. The highest BCUT2D eigenvalue weighted by Gasteiger charge is 2.30. The summed E-state index contributed by atoms with van der Waals surface area (Å²) in [6, 6.07) is 17.2. The van der Waals surface area contributed by atoms with Crippen LogP contribution in [0.4, 0.5) is 0 Å². The SMILES string of the molecule is CC[C@H](C(=O)NC(C)(C)C)N(Cc1ccc(C)cc1)C(=O)CCCOc1ccccc1. The fraction of sp³-hybridized carbons (Fsp3) is 0.462. The Kier molecular flexibility index (Phi) is 9.10. The number of aryl methyl sites for hydroxylation is 1. The Morgan fingerprint density at radius 1 is 1.03 bits per heavy atom. The molecule has 0 aliphatic rings. The van der Waals surface area contributed by atoms with Crippen LogP contribution in [0.3, 0.4) is 0 Å². The smallest absolute Gasteiger partial charge is 0.243 e. The molecule has 0 spiro atoms. The van der Waals surface area contributed by atoms with E-state index < -0.39 is 6.04 Å². The first-order chi connectivity index (χ1) is 14.7. The van der Waals surface area contributed by atoms with Crippen molar-refractivity contribution in [3.63, 3.8) is 0 Å². The zero-order valence-corrected chi connectivity index (χ0v) is 19.5. The zero-order valence-electron chi connectivity index (χ0n) is 19.5. The lowest BCUT2D eigenvalue weighted by Crippen LogP contribution is -2.53. The van der Waals surface area contributed by atoms with Gasteiger partial charge in [0.25, 0.3) is 0 Å². The second kappa shape index (κ2) is 11.5. The van der Waals surface area contributed by atoms with Crippen LogP contribution in [0.2, 0.25) is 0 Å². The average Bonchev–Trinajstić information content (AvgIpc) is 2.72. The second-order valence-electron chi connectivity index (χ2n) is 8.94. The number of para-hydroxylation sites is 1. The lowest BCUT2D eigenvalue weighted by molar-refractivity contribution is -0.142. The number of benzene rings is 2. The summed E-state index contributed by atoms with van der Waals surface area (Å²) in [7, 11) is 0. The van der Waals surface area contributed by atoms with Crippen molar-refractivity contribution in [1.82, 2.24) is 10.2 Å². The predicted molar refractivity (Wildman–Crippen MR) is 125 cm³/mol. The van der Waals surface area contributed by atoms with E-state index in [1.807, 2.05) is 89.2 Å². The Hall–Kier alpha value is -2.82. The Bertz CT molecular complexity index is 826. The summed E-state index contributed by atoms with van der Waals surface area (Å²) in [5.41, 5.74) is 1.82. The number of carbonyl (C=O) groups is 2. The maximum atomic E-state index is 13.2. The largest absolute Gasteiger partial charge is 0.494 e. The van der Waals surface area contributed by atoms with Gasteiger partial charge in [-0.3, -0.25) is 9.59 Å². The Morgan fingerprint density at radius 3 is 2.26 bits per heavy atom. The van der Waals surface area contributed by atoms with Gasteiger partial charge >= 0.3 is 0 Å². The molecule has 0 aliphatic heterocycles. The van der Waals surface area contributed by atoms with Crippen molar-refractivity contribution in [2.75, 3.05) is 6.61 Å². The quantitative estimate of drug-likeness (QED) is 0.553. The molecule has 0 heterocycles. The first-order valence-electron chi connectivity index (χ1n) is 11.0. The molecule has 2 rings (SSSR count). The molecule has 5 heteroatoms. The van der Waals surface area contributed by atoms with Gasteiger partial charge in [-0.15, -0.1) is 0 Å². The van der Waals surface area contributed by atoms with Gasteiger partial charge in [0.2, 0.25) is 11.8 Å². The summed E-state index contributed by atoms with van der Waals surface area (Å²) < 4.78 is 5.72. The maximum Gasteiger partial charge on any atom is 0.243 e. The van der Waals surface area contributed by atoms with Gasteiger partial charge in [-0.2, -0.15) is 0 Å². The number of nitrogens with one attached hydrogen (secondary N) is 1. The molecular formula is C26H36N2O3. The van der Waals surface area contributed by atoms with Crippen LogP contribution in [0.1, 0.15) is 58.1 Å². The molecule has 0 aliphatic carbocycles. The molecule has 0 saturated heterocycles. The third kappa shape index (κ3) is 8.44. The highest BCUT2D eigenvalue weighted by atomic mass is 16.5. The minimum absolute atomic E-state index is 0.0341.